The summed E-state index contributed by atoms with van der Waals surface area (Å²) in [7, 11) is 2.19. The highest BCUT2D eigenvalue weighted by Gasteiger charge is 2.25. The molecule has 1 amide bonds. The van der Waals surface area contributed by atoms with Crippen molar-refractivity contribution in [2.24, 2.45) is 0 Å². The highest BCUT2D eigenvalue weighted by Crippen LogP contribution is 2.24. The van der Waals surface area contributed by atoms with Crippen molar-refractivity contribution in [2.75, 3.05) is 39.8 Å². The first-order valence-corrected chi connectivity index (χ1v) is 10.2. The number of aryl methyl sites for hydroxylation is 1. The summed E-state index contributed by atoms with van der Waals surface area (Å²) in [4.78, 5) is 22.1. The summed E-state index contributed by atoms with van der Waals surface area (Å²) in [6.45, 7) is 5.00. The average molecular weight is 373 g/mol. The Morgan fingerprint density at radius 1 is 1.31 bits per heavy atom. The zero-order valence-electron chi connectivity index (χ0n) is 15.4. The maximum absolute atomic E-state index is 12.0. The second-order valence-corrected chi connectivity index (χ2v) is 7.87. The van der Waals surface area contributed by atoms with Gasteiger partial charge in [0.15, 0.2) is 0 Å². The lowest BCUT2D eigenvalue weighted by molar-refractivity contribution is -0.121. The molecule has 6 heteroatoms. The zero-order chi connectivity index (χ0) is 18.2. The third kappa shape index (κ3) is 5.62. The molecule has 0 bridgehead atoms. The molecule has 5 nitrogen and oxygen atoms in total. The topological polar surface area (TPSA) is 48.5 Å². The molecule has 1 atom stereocenters. The Labute approximate surface area is 160 Å². The normalized spacial score (nSPS) is 18.7. The first-order chi connectivity index (χ1) is 12.7. The second-order valence-electron chi connectivity index (χ2n) is 6.90. The lowest BCUT2D eigenvalue weighted by Crippen LogP contribution is -2.47. The van der Waals surface area contributed by atoms with Gasteiger partial charge in [0.1, 0.15) is 0 Å². The first-order valence-electron chi connectivity index (χ1n) is 9.34. The van der Waals surface area contributed by atoms with E-state index in [9.17, 15) is 4.79 Å². The fourth-order valence-corrected chi connectivity index (χ4v) is 4.02. The van der Waals surface area contributed by atoms with Gasteiger partial charge < -0.3 is 10.2 Å². The van der Waals surface area contributed by atoms with Gasteiger partial charge in [0.05, 0.1) is 5.51 Å². The molecule has 0 spiro atoms. The average Bonchev–Trinajstić information content (AvgIpc) is 3.19. The number of aromatic nitrogens is 1. The monoisotopic (exact) mass is 372 g/mol. The van der Waals surface area contributed by atoms with Crippen LogP contribution in [0.5, 0.6) is 0 Å². The van der Waals surface area contributed by atoms with E-state index in [2.05, 4.69) is 57.5 Å². The Kier molecular flexibility index (Phi) is 7.17. The van der Waals surface area contributed by atoms with Crippen molar-refractivity contribution in [1.82, 2.24) is 20.1 Å². The minimum absolute atomic E-state index is 0.136. The summed E-state index contributed by atoms with van der Waals surface area (Å²) >= 11 is 1.61. The van der Waals surface area contributed by atoms with E-state index in [1.807, 2.05) is 11.7 Å². The molecule has 1 saturated heterocycles. The molecule has 1 aromatic carbocycles. The van der Waals surface area contributed by atoms with E-state index in [4.69, 9.17) is 0 Å². The van der Waals surface area contributed by atoms with Gasteiger partial charge in [0.2, 0.25) is 5.91 Å². The molecule has 26 heavy (non-hydrogen) atoms. The fourth-order valence-electron chi connectivity index (χ4n) is 3.42. The van der Waals surface area contributed by atoms with Crippen molar-refractivity contribution in [3.63, 3.8) is 0 Å². The minimum Gasteiger partial charge on any atom is -0.356 e. The molecular weight excluding hydrogens is 344 g/mol. The van der Waals surface area contributed by atoms with E-state index < -0.39 is 0 Å². The molecule has 0 radical (unpaired) electrons. The van der Waals surface area contributed by atoms with Gasteiger partial charge >= 0.3 is 0 Å². The molecule has 3 rings (SSSR count). The van der Waals surface area contributed by atoms with Gasteiger partial charge in [-0.25, -0.2) is 0 Å². The summed E-state index contributed by atoms with van der Waals surface area (Å²) in [6, 6.07) is 11.2. The minimum atomic E-state index is 0.136. The molecule has 1 fully saturated rings. The predicted molar refractivity (Wildman–Crippen MR) is 106 cm³/mol. The van der Waals surface area contributed by atoms with Gasteiger partial charge in [-0.2, -0.15) is 0 Å². The lowest BCUT2D eigenvalue weighted by Gasteiger charge is -2.40. The van der Waals surface area contributed by atoms with Crippen molar-refractivity contribution in [3.8, 4) is 0 Å². The third-order valence-electron chi connectivity index (χ3n) is 4.90. The third-order valence-corrected chi connectivity index (χ3v) is 5.74. The molecule has 140 valence electrons. The quantitative estimate of drug-likeness (QED) is 0.724. The second kappa shape index (κ2) is 9.80. The van der Waals surface area contributed by atoms with Crippen LogP contribution >= 0.6 is 11.3 Å². The molecular formula is C20H28N4OS. The Hall–Kier alpha value is -1.76. The van der Waals surface area contributed by atoms with E-state index in [0.29, 0.717) is 12.5 Å². The number of piperazine rings is 1. The maximum atomic E-state index is 12.0. The van der Waals surface area contributed by atoms with Crippen LogP contribution in [0.15, 0.2) is 42.0 Å². The molecule has 1 aliphatic rings. The number of carbonyl (C=O) groups excluding carboxylic acids is 1. The summed E-state index contributed by atoms with van der Waals surface area (Å²) in [5.41, 5.74) is 3.19. The number of hydrogen-bond donors (Lipinski definition) is 1. The van der Waals surface area contributed by atoms with Crippen LogP contribution in [0.4, 0.5) is 0 Å². The summed E-state index contributed by atoms with van der Waals surface area (Å²) in [5, 5.41) is 3.06. The van der Waals surface area contributed by atoms with Crippen LogP contribution in [0.25, 0.3) is 0 Å². The number of likely N-dealkylation sites (N-methyl/N-ethyl adjacent to an activating group) is 1. The number of rotatable bonds is 8. The number of thiazole rings is 1. The van der Waals surface area contributed by atoms with Gasteiger partial charge in [-0.1, -0.05) is 30.3 Å². The molecule has 2 heterocycles. The smallest absolute Gasteiger partial charge is 0.220 e. The van der Waals surface area contributed by atoms with Crippen molar-refractivity contribution in [1.29, 1.82) is 0 Å². The number of nitrogens with zero attached hydrogens (tertiary/aromatic N) is 3. The van der Waals surface area contributed by atoms with Crippen LogP contribution < -0.4 is 5.32 Å². The molecule has 0 aliphatic carbocycles. The Morgan fingerprint density at radius 2 is 2.15 bits per heavy atom. The van der Waals surface area contributed by atoms with E-state index in [0.717, 1.165) is 45.6 Å². The number of benzene rings is 1. The summed E-state index contributed by atoms with van der Waals surface area (Å²) in [6.07, 6.45) is 4.16. The van der Waals surface area contributed by atoms with Gasteiger partial charge in [0, 0.05) is 56.3 Å². The van der Waals surface area contributed by atoms with Crippen LogP contribution in [0.3, 0.4) is 0 Å². The molecule has 0 saturated carbocycles. The molecule has 1 aromatic heterocycles. The fraction of sp³-hybridized carbons (Fsp3) is 0.500. The first kappa shape index (κ1) is 19.0. The largest absolute Gasteiger partial charge is 0.356 e. The van der Waals surface area contributed by atoms with E-state index >= 15 is 0 Å². The van der Waals surface area contributed by atoms with Crippen LogP contribution in [0.2, 0.25) is 0 Å². The SMILES string of the molecule is CN1CCN(CCCNC(=O)CCc2cncs2)C(c2ccccc2)C1. The highest BCUT2D eigenvalue weighted by atomic mass is 32.1. The lowest BCUT2D eigenvalue weighted by atomic mass is 10.0. The Morgan fingerprint density at radius 3 is 2.92 bits per heavy atom. The number of amides is 1. The Bertz CT molecular complexity index is 662. The van der Waals surface area contributed by atoms with Crippen molar-refractivity contribution < 1.29 is 4.79 Å². The van der Waals surface area contributed by atoms with Gasteiger partial charge in [-0.15, -0.1) is 11.3 Å². The summed E-state index contributed by atoms with van der Waals surface area (Å²) in [5.74, 6) is 0.136. The standard InChI is InChI=1S/C20H28N4OS/c1-23-12-13-24(19(15-23)17-6-3-2-4-7-17)11-5-10-22-20(25)9-8-18-14-21-16-26-18/h2-4,6-7,14,16,19H,5,8-13,15H2,1H3,(H,22,25). The van der Waals surface area contributed by atoms with Gasteiger partial charge in [-0.05, 0) is 25.5 Å². The number of hydrogen-bond acceptors (Lipinski definition) is 5. The zero-order valence-corrected chi connectivity index (χ0v) is 16.3. The van der Waals surface area contributed by atoms with E-state index in [-0.39, 0.29) is 5.91 Å². The molecule has 1 N–H and O–H groups in total. The highest BCUT2D eigenvalue weighted by molar-refractivity contribution is 7.09. The number of carbonyl (C=O) groups is 1. The maximum Gasteiger partial charge on any atom is 0.220 e. The van der Waals surface area contributed by atoms with Crippen molar-refractivity contribution in [3.05, 3.63) is 52.5 Å². The van der Waals surface area contributed by atoms with E-state index in [1.54, 1.807) is 11.3 Å². The van der Waals surface area contributed by atoms with E-state index in [1.165, 1.54) is 10.4 Å². The molecule has 2 aromatic rings. The predicted octanol–water partition coefficient (Wildman–Crippen LogP) is 2.57. The van der Waals surface area contributed by atoms with Crippen molar-refractivity contribution in [2.45, 2.75) is 25.3 Å². The molecule has 1 aliphatic heterocycles. The van der Waals surface area contributed by atoms with Crippen LogP contribution in [-0.4, -0.2) is 60.5 Å². The van der Waals surface area contributed by atoms with Gasteiger partial charge in [-0.3, -0.25) is 14.7 Å². The van der Waals surface area contributed by atoms with Crippen LogP contribution in [-0.2, 0) is 11.2 Å². The van der Waals surface area contributed by atoms with Gasteiger partial charge in [0.25, 0.3) is 0 Å². The summed E-state index contributed by atoms with van der Waals surface area (Å²) < 4.78 is 0. The van der Waals surface area contributed by atoms with Crippen molar-refractivity contribution >= 4 is 17.2 Å². The van der Waals surface area contributed by atoms with Crippen LogP contribution in [0, 0.1) is 0 Å². The molecule has 1 unspecified atom stereocenters. The van der Waals surface area contributed by atoms with Crippen LogP contribution in [0.1, 0.15) is 29.3 Å². The Balaban J connectivity index is 1.40. The number of nitrogens with one attached hydrogen (secondary N) is 1.